The monoisotopic (exact) mass is 273 g/mol. The van der Waals surface area contributed by atoms with Crippen LogP contribution in [0.3, 0.4) is 0 Å². The van der Waals surface area contributed by atoms with E-state index in [0.717, 1.165) is 18.4 Å². The lowest BCUT2D eigenvalue weighted by atomic mass is 9.92. The number of nitrogens with two attached hydrogens (primary N) is 1. The van der Waals surface area contributed by atoms with Crippen molar-refractivity contribution in [3.05, 3.63) is 20.8 Å². The molecule has 1 saturated carbocycles. The molecule has 2 N–H and O–H groups in total. The number of thiophene rings is 1. The Kier molecular flexibility index (Phi) is 3.63. The van der Waals surface area contributed by atoms with Crippen LogP contribution < -0.4 is 5.73 Å². The molecule has 0 spiro atoms. The topological polar surface area (TPSA) is 26.0 Å². The standard InChI is InChI=1S/C11H16BrNS/c12-10-5-11(14-7-10)4-8-2-1-3-9(8)6-13/h5,7-9H,1-4,6,13H2. The second-order valence-corrected chi connectivity index (χ2v) is 6.03. The lowest BCUT2D eigenvalue weighted by Gasteiger charge is -2.16. The first-order valence-corrected chi connectivity index (χ1v) is 6.90. The van der Waals surface area contributed by atoms with Crippen molar-refractivity contribution in [2.75, 3.05) is 6.54 Å². The van der Waals surface area contributed by atoms with E-state index in [2.05, 4.69) is 27.4 Å². The average Bonchev–Trinajstić information content (AvgIpc) is 2.76. The van der Waals surface area contributed by atoms with E-state index in [1.54, 1.807) is 0 Å². The van der Waals surface area contributed by atoms with Gasteiger partial charge in [0.15, 0.2) is 0 Å². The number of hydrogen-bond acceptors (Lipinski definition) is 2. The van der Waals surface area contributed by atoms with E-state index < -0.39 is 0 Å². The molecule has 0 amide bonds. The summed E-state index contributed by atoms with van der Waals surface area (Å²) in [6.07, 6.45) is 5.32. The third kappa shape index (κ3) is 2.38. The molecule has 0 saturated heterocycles. The predicted molar refractivity (Wildman–Crippen MR) is 65.6 cm³/mol. The molecule has 1 aliphatic carbocycles. The van der Waals surface area contributed by atoms with Gasteiger partial charge in [-0.15, -0.1) is 11.3 Å². The fourth-order valence-corrected chi connectivity index (χ4v) is 3.96. The summed E-state index contributed by atoms with van der Waals surface area (Å²) in [4.78, 5) is 1.50. The Balaban J connectivity index is 1.96. The first-order chi connectivity index (χ1) is 6.79. The van der Waals surface area contributed by atoms with Crippen molar-refractivity contribution < 1.29 is 0 Å². The van der Waals surface area contributed by atoms with Crippen molar-refractivity contribution in [2.45, 2.75) is 25.7 Å². The van der Waals surface area contributed by atoms with Gasteiger partial charge in [0.05, 0.1) is 0 Å². The van der Waals surface area contributed by atoms with Gasteiger partial charge in [-0.3, -0.25) is 0 Å². The summed E-state index contributed by atoms with van der Waals surface area (Å²) in [5.74, 6) is 1.61. The molecule has 1 aromatic heterocycles. The van der Waals surface area contributed by atoms with Crippen LogP contribution in [0.25, 0.3) is 0 Å². The highest BCUT2D eigenvalue weighted by Crippen LogP contribution is 2.35. The van der Waals surface area contributed by atoms with Gasteiger partial charge in [-0.05, 0) is 59.6 Å². The van der Waals surface area contributed by atoms with Gasteiger partial charge < -0.3 is 5.73 Å². The summed E-state index contributed by atoms with van der Waals surface area (Å²) in [5, 5.41) is 2.17. The minimum atomic E-state index is 0.774. The second kappa shape index (κ2) is 4.77. The van der Waals surface area contributed by atoms with Gasteiger partial charge >= 0.3 is 0 Å². The van der Waals surface area contributed by atoms with Crippen LogP contribution in [-0.2, 0) is 6.42 Å². The van der Waals surface area contributed by atoms with Crippen molar-refractivity contribution in [1.82, 2.24) is 0 Å². The molecule has 1 heterocycles. The predicted octanol–water partition coefficient (Wildman–Crippen LogP) is 3.43. The lowest BCUT2D eigenvalue weighted by Crippen LogP contribution is -2.19. The van der Waals surface area contributed by atoms with E-state index in [0.29, 0.717) is 0 Å². The van der Waals surface area contributed by atoms with E-state index in [9.17, 15) is 0 Å². The minimum absolute atomic E-state index is 0.774. The Morgan fingerprint density at radius 2 is 2.21 bits per heavy atom. The van der Waals surface area contributed by atoms with Crippen LogP contribution in [0.15, 0.2) is 15.9 Å². The molecular formula is C11H16BrNS. The summed E-state index contributed by atoms with van der Waals surface area (Å²) in [7, 11) is 0. The Morgan fingerprint density at radius 1 is 1.43 bits per heavy atom. The van der Waals surface area contributed by atoms with Crippen LogP contribution in [0.4, 0.5) is 0 Å². The van der Waals surface area contributed by atoms with E-state index in [-0.39, 0.29) is 0 Å². The fraction of sp³-hybridized carbons (Fsp3) is 0.636. The van der Waals surface area contributed by atoms with Crippen molar-refractivity contribution in [3.8, 4) is 0 Å². The zero-order valence-electron chi connectivity index (χ0n) is 8.21. The molecule has 3 heteroatoms. The van der Waals surface area contributed by atoms with Crippen LogP contribution in [0.1, 0.15) is 24.1 Å². The van der Waals surface area contributed by atoms with E-state index in [1.165, 1.54) is 35.0 Å². The molecule has 2 unspecified atom stereocenters. The highest BCUT2D eigenvalue weighted by atomic mass is 79.9. The molecule has 0 aromatic carbocycles. The van der Waals surface area contributed by atoms with Gasteiger partial charge in [0, 0.05) is 14.7 Å². The van der Waals surface area contributed by atoms with Crippen molar-refractivity contribution in [2.24, 2.45) is 17.6 Å². The largest absolute Gasteiger partial charge is 0.330 e. The Morgan fingerprint density at radius 3 is 2.86 bits per heavy atom. The minimum Gasteiger partial charge on any atom is -0.330 e. The van der Waals surface area contributed by atoms with Crippen molar-refractivity contribution in [1.29, 1.82) is 0 Å². The Labute approximate surface area is 97.8 Å². The van der Waals surface area contributed by atoms with Crippen LogP contribution in [0.2, 0.25) is 0 Å². The zero-order valence-corrected chi connectivity index (χ0v) is 10.6. The zero-order chi connectivity index (χ0) is 9.97. The van der Waals surface area contributed by atoms with Gasteiger partial charge in [0.1, 0.15) is 0 Å². The van der Waals surface area contributed by atoms with E-state index in [1.807, 2.05) is 11.3 Å². The quantitative estimate of drug-likeness (QED) is 0.897. The van der Waals surface area contributed by atoms with Crippen molar-refractivity contribution in [3.63, 3.8) is 0 Å². The van der Waals surface area contributed by atoms with E-state index >= 15 is 0 Å². The maximum atomic E-state index is 5.78. The van der Waals surface area contributed by atoms with E-state index in [4.69, 9.17) is 5.73 Å². The second-order valence-electron chi connectivity index (χ2n) is 4.12. The smallest absolute Gasteiger partial charge is 0.0285 e. The van der Waals surface area contributed by atoms with Crippen LogP contribution in [0.5, 0.6) is 0 Å². The molecule has 0 bridgehead atoms. The van der Waals surface area contributed by atoms with Crippen molar-refractivity contribution >= 4 is 27.3 Å². The summed E-state index contributed by atoms with van der Waals surface area (Å²) >= 11 is 5.36. The summed E-state index contributed by atoms with van der Waals surface area (Å²) in [5.41, 5.74) is 5.78. The molecule has 1 aromatic rings. The molecule has 1 fully saturated rings. The summed E-state index contributed by atoms with van der Waals surface area (Å²) in [6, 6.07) is 2.25. The van der Waals surface area contributed by atoms with Gasteiger partial charge in [-0.25, -0.2) is 0 Å². The highest BCUT2D eigenvalue weighted by molar-refractivity contribution is 9.10. The van der Waals surface area contributed by atoms with Crippen LogP contribution in [0, 0.1) is 11.8 Å². The summed E-state index contributed by atoms with van der Waals surface area (Å²) < 4.78 is 1.22. The lowest BCUT2D eigenvalue weighted by molar-refractivity contribution is 0.396. The van der Waals surface area contributed by atoms with Crippen LogP contribution in [-0.4, -0.2) is 6.54 Å². The molecule has 78 valence electrons. The number of rotatable bonds is 3. The first-order valence-electron chi connectivity index (χ1n) is 5.22. The fourth-order valence-electron chi connectivity index (χ4n) is 2.41. The van der Waals surface area contributed by atoms with Gasteiger partial charge in [-0.2, -0.15) is 0 Å². The SMILES string of the molecule is NCC1CCCC1Cc1cc(Br)cs1. The van der Waals surface area contributed by atoms with Gasteiger partial charge in [0.25, 0.3) is 0 Å². The van der Waals surface area contributed by atoms with Gasteiger partial charge in [-0.1, -0.05) is 6.42 Å². The molecule has 14 heavy (non-hydrogen) atoms. The number of hydrogen-bond donors (Lipinski definition) is 1. The van der Waals surface area contributed by atoms with Crippen LogP contribution >= 0.6 is 27.3 Å². The molecule has 1 nitrogen and oxygen atoms in total. The third-order valence-electron chi connectivity index (χ3n) is 3.20. The normalized spacial score (nSPS) is 27.0. The number of halogens is 1. The molecule has 2 rings (SSSR count). The highest BCUT2D eigenvalue weighted by Gasteiger charge is 2.26. The summed E-state index contributed by atoms with van der Waals surface area (Å²) in [6.45, 7) is 0.872. The molecule has 1 aliphatic rings. The third-order valence-corrected chi connectivity index (χ3v) is 4.92. The molecular weight excluding hydrogens is 258 g/mol. The molecule has 2 atom stereocenters. The van der Waals surface area contributed by atoms with Gasteiger partial charge in [0.2, 0.25) is 0 Å². The molecule has 0 aliphatic heterocycles. The Hall–Kier alpha value is 0.140. The average molecular weight is 274 g/mol. The Bertz CT molecular complexity index is 297. The molecule has 0 radical (unpaired) electrons. The maximum absolute atomic E-state index is 5.78. The first kappa shape index (κ1) is 10.7. The maximum Gasteiger partial charge on any atom is 0.0285 e.